The minimum atomic E-state index is -0.521. The molecule has 0 aliphatic carbocycles. The summed E-state index contributed by atoms with van der Waals surface area (Å²) >= 11 is 0. The molecule has 1 unspecified atom stereocenters. The van der Waals surface area contributed by atoms with Gasteiger partial charge in [0.15, 0.2) is 0 Å². The quantitative estimate of drug-likeness (QED) is 0.706. The van der Waals surface area contributed by atoms with Crippen molar-refractivity contribution in [3.8, 4) is 16.9 Å². The van der Waals surface area contributed by atoms with Crippen LogP contribution in [0.25, 0.3) is 22.0 Å². The number of primary amides is 1. The Balaban J connectivity index is 1.94. The minimum Gasteiger partial charge on any atom is -0.496 e. The fourth-order valence-corrected chi connectivity index (χ4v) is 3.85. The second kappa shape index (κ2) is 7.44. The zero-order valence-electron chi connectivity index (χ0n) is 15.8. The van der Waals surface area contributed by atoms with Crippen molar-refractivity contribution >= 4 is 22.6 Å². The summed E-state index contributed by atoms with van der Waals surface area (Å²) in [4.78, 5) is 23.3. The minimum absolute atomic E-state index is 0.372. The van der Waals surface area contributed by atoms with Gasteiger partial charge in [-0.15, -0.1) is 0 Å². The molecule has 4 N–H and O–H groups in total. The number of nitrogens with two attached hydrogens (primary N) is 2. The molecule has 0 radical (unpaired) electrons. The number of hydrogen-bond acceptors (Lipinski definition) is 6. The van der Waals surface area contributed by atoms with E-state index in [0.29, 0.717) is 23.5 Å². The van der Waals surface area contributed by atoms with Crippen molar-refractivity contribution in [2.45, 2.75) is 6.42 Å². The molecule has 4 rings (SSSR count). The Labute approximate surface area is 163 Å². The molecule has 1 fully saturated rings. The first kappa shape index (κ1) is 18.2. The van der Waals surface area contributed by atoms with Gasteiger partial charge >= 0.3 is 0 Å². The molecular formula is C21H23N5O2. The highest BCUT2D eigenvalue weighted by Crippen LogP contribution is 2.36. The van der Waals surface area contributed by atoms with Crippen LogP contribution in [0, 0.1) is 5.92 Å². The van der Waals surface area contributed by atoms with Crippen molar-refractivity contribution in [1.82, 2.24) is 9.97 Å². The first-order chi connectivity index (χ1) is 13.6. The van der Waals surface area contributed by atoms with Crippen LogP contribution in [0.1, 0.15) is 16.8 Å². The lowest BCUT2D eigenvalue weighted by molar-refractivity contribution is 0.100. The molecule has 1 amide bonds. The summed E-state index contributed by atoms with van der Waals surface area (Å²) in [6, 6.07) is 11.5. The number of fused-ring (bicyclic) bond motifs is 1. The van der Waals surface area contributed by atoms with E-state index < -0.39 is 5.91 Å². The van der Waals surface area contributed by atoms with Gasteiger partial charge in [-0.05, 0) is 42.6 Å². The van der Waals surface area contributed by atoms with Gasteiger partial charge < -0.3 is 21.1 Å². The second-order valence-corrected chi connectivity index (χ2v) is 7.02. The zero-order chi connectivity index (χ0) is 19.7. The Bertz CT molecular complexity index is 1040. The summed E-state index contributed by atoms with van der Waals surface area (Å²) in [5, 5.41) is 0.803. The Morgan fingerprint density at radius 3 is 2.82 bits per heavy atom. The lowest BCUT2D eigenvalue weighted by Crippen LogP contribution is -2.24. The lowest BCUT2D eigenvalue weighted by Gasteiger charge is -2.20. The van der Waals surface area contributed by atoms with Crippen molar-refractivity contribution in [3.63, 3.8) is 0 Å². The first-order valence-electron chi connectivity index (χ1n) is 9.29. The summed E-state index contributed by atoms with van der Waals surface area (Å²) in [5.41, 5.74) is 14.2. The Morgan fingerprint density at radius 1 is 1.29 bits per heavy atom. The molecule has 28 heavy (non-hydrogen) atoms. The number of hydrogen-bond donors (Lipinski definition) is 2. The summed E-state index contributed by atoms with van der Waals surface area (Å²) in [5.74, 6) is 1.45. The van der Waals surface area contributed by atoms with Gasteiger partial charge in [0.05, 0.1) is 18.2 Å². The third-order valence-corrected chi connectivity index (χ3v) is 5.32. The summed E-state index contributed by atoms with van der Waals surface area (Å²) in [7, 11) is 1.63. The SMILES string of the molecule is COc1ccccc1-c1cc(C(N)=O)c2ncnc(N3CCC(CN)C3)c2c1. The number of carbonyl (C=O) groups is 1. The van der Waals surface area contributed by atoms with Gasteiger partial charge in [-0.1, -0.05) is 18.2 Å². The maximum Gasteiger partial charge on any atom is 0.250 e. The van der Waals surface area contributed by atoms with Crippen LogP contribution >= 0.6 is 0 Å². The number of ether oxygens (including phenoxy) is 1. The van der Waals surface area contributed by atoms with Gasteiger partial charge in [0, 0.05) is 24.0 Å². The molecule has 144 valence electrons. The van der Waals surface area contributed by atoms with Crippen molar-refractivity contribution < 1.29 is 9.53 Å². The standard InChI is InChI=1S/C21H23N5O2/c1-28-18-5-3-2-4-15(18)14-8-16(20(23)27)19-17(9-14)21(25-12-24-19)26-7-6-13(10-22)11-26/h2-5,8-9,12-13H,6-7,10-11,22H2,1H3,(H2,23,27). The average Bonchev–Trinajstić information content (AvgIpc) is 3.21. The fourth-order valence-electron chi connectivity index (χ4n) is 3.85. The van der Waals surface area contributed by atoms with Crippen LogP contribution in [-0.2, 0) is 0 Å². The topological polar surface area (TPSA) is 107 Å². The number of benzene rings is 2. The van der Waals surface area contributed by atoms with Gasteiger partial charge in [-0.3, -0.25) is 4.79 Å². The zero-order valence-corrected chi connectivity index (χ0v) is 15.8. The molecule has 2 heterocycles. The van der Waals surface area contributed by atoms with E-state index in [-0.39, 0.29) is 0 Å². The Morgan fingerprint density at radius 2 is 2.11 bits per heavy atom. The van der Waals surface area contributed by atoms with Crippen LogP contribution in [-0.4, -0.2) is 42.6 Å². The molecule has 1 saturated heterocycles. The predicted molar refractivity (Wildman–Crippen MR) is 109 cm³/mol. The highest BCUT2D eigenvalue weighted by Gasteiger charge is 2.25. The smallest absolute Gasteiger partial charge is 0.250 e. The molecule has 3 aromatic rings. The van der Waals surface area contributed by atoms with Crippen LogP contribution in [0.2, 0.25) is 0 Å². The molecule has 1 aliphatic heterocycles. The third kappa shape index (κ3) is 3.14. The summed E-state index contributed by atoms with van der Waals surface area (Å²) in [6.45, 7) is 2.37. The van der Waals surface area contributed by atoms with Crippen LogP contribution in [0.4, 0.5) is 5.82 Å². The predicted octanol–water partition coefficient (Wildman–Crippen LogP) is 2.19. The van der Waals surface area contributed by atoms with Crippen molar-refractivity contribution in [1.29, 1.82) is 0 Å². The number of nitrogens with zero attached hydrogens (tertiary/aromatic N) is 3. The lowest BCUT2D eigenvalue weighted by atomic mass is 9.98. The fraction of sp³-hybridized carbons (Fsp3) is 0.286. The largest absolute Gasteiger partial charge is 0.496 e. The average molecular weight is 377 g/mol. The molecule has 0 saturated carbocycles. The monoisotopic (exact) mass is 377 g/mol. The highest BCUT2D eigenvalue weighted by molar-refractivity contribution is 6.09. The summed E-state index contributed by atoms with van der Waals surface area (Å²) < 4.78 is 5.50. The number of rotatable bonds is 5. The molecule has 1 atom stereocenters. The number of carbonyl (C=O) groups excluding carboxylic acids is 1. The van der Waals surface area contributed by atoms with E-state index in [0.717, 1.165) is 47.6 Å². The molecule has 0 bridgehead atoms. The Kier molecular flexibility index (Phi) is 4.83. The van der Waals surface area contributed by atoms with Gasteiger partial charge in [0.25, 0.3) is 5.91 Å². The molecule has 1 aliphatic rings. The maximum atomic E-state index is 12.2. The molecule has 7 heteroatoms. The maximum absolute atomic E-state index is 12.2. The van der Waals surface area contributed by atoms with Gasteiger partial charge in [-0.2, -0.15) is 0 Å². The molecule has 7 nitrogen and oxygen atoms in total. The van der Waals surface area contributed by atoms with Crippen molar-refractivity contribution in [3.05, 3.63) is 48.3 Å². The van der Waals surface area contributed by atoms with E-state index in [1.165, 1.54) is 6.33 Å². The third-order valence-electron chi connectivity index (χ3n) is 5.32. The highest BCUT2D eigenvalue weighted by atomic mass is 16.5. The van der Waals surface area contributed by atoms with Gasteiger partial charge in [0.1, 0.15) is 17.9 Å². The van der Waals surface area contributed by atoms with Gasteiger partial charge in [0.2, 0.25) is 0 Å². The Hall–Kier alpha value is -3.19. The number of amides is 1. The second-order valence-electron chi connectivity index (χ2n) is 7.02. The number of anilines is 1. The number of methoxy groups -OCH3 is 1. The van der Waals surface area contributed by atoms with Crippen LogP contribution in [0.5, 0.6) is 5.75 Å². The normalized spacial score (nSPS) is 16.5. The van der Waals surface area contributed by atoms with Crippen LogP contribution in [0.3, 0.4) is 0 Å². The summed E-state index contributed by atoms with van der Waals surface area (Å²) in [6.07, 6.45) is 2.51. The van der Waals surface area contributed by atoms with E-state index in [1.807, 2.05) is 30.3 Å². The molecule has 0 spiro atoms. The molecule has 1 aromatic heterocycles. The number of para-hydroxylation sites is 1. The van der Waals surface area contributed by atoms with E-state index in [2.05, 4.69) is 14.9 Å². The molecular weight excluding hydrogens is 354 g/mol. The van der Waals surface area contributed by atoms with E-state index in [4.69, 9.17) is 16.2 Å². The van der Waals surface area contributed by atoms with Crippen LogP contribution in [0.15, 0.2) is 42.7 Å². The van der Waals surface area contributed by atoms with E-state index in [9.17, 15) is 4.79 Å². The van der Waals surface area contributed by atoms with Crippen molar-refractivity contribution in [2.24, 2.45) is 17.4 Å². The van der Waals surface area contributed by atoms with E-state index >= 15 is 0 Å². The van der Waals surface area contributed by atoms with E-state index in [1.54, 1.807) is 13.2 Å². The van der Waals surface area contributed by atoms with Crippen LogP contribution < -0.4 is 21.1 Å². The first-order valence-corrected chi connectivity index (χ1v) is 9.29. The van der Waals surface area contributed by atoms with Gasteiger partial charge in [-0.25, -0.2) is 9.97 Å². The van der Waals surface area contributed by atoms with Crippen molar-refractivity contribution in [2.75, 3.05) is 31.6 Å². The molecule has 2 aromatic carbocycles. The number of aromatic nitrogens is 2.